The first-order valence-electron chi connectivity index (χ1n) is 20.3. The molecule has 2 saturated heterocycles. The van der Waals surface area contributed by atoms with Crippen LogP contribution in [0.15, 0.2) is 11.6 Å². The summed E-state index contributed by atoms with van der Waals surface area (Å²) >= 11 is 0. The number of esters is 1. The van der Waals surface area contributed by atoms with Crippen LogP contribution in [0.1, 0.15) is 113 Å². The molecule has 12 nitrogen and oxygen atoms in total. The van der Waals surface area contributed by atoms with Gasteiger partial charge in [0.05, 0.1) is 36.4 Å². The maximum absolute atomic E-state index is 14.6. The fourth-order valence-electron chi connectivity index (χ4n) is 13.5. The quantitative estimate of drug-likeness (QED) is 0.124. The van der Waals surface area contributed by atoms with Gasteiger partial charge >= 0.3 is 5.97 Å². The first-order chi connectivity index (χ1) is 24.7. The lowest BCUT2D eigenvalue weighted by atomic mass is 9.33. The Morgan fingerprint density at radius 1 is 0.868 bits per heavy atom. The molecule has 0 amide bonds. The van der Waals surface area contributed by atoms with Crippen LogP contribution in [0.3, 0.4) is 0 Å². The van der Waals surface area contributed by atoms with E-state index < -0.39 is 78.7 Å². The molecule has 2 heterocycles. The number of hydrogen-bond acceptors (Lipinski definition) is 12. The SMILES string of the molecule is C[C@@H]1CC[C@]2(C(=O)O[C@@H]3O[C@H](CO)[C@@H](O)[C@H](O)[C@H]3O)CC[C@]3(C)C(=CCC4[C@@]5(C)CC[C@H](O[C@H]6C[C@@H](O)[C@@H](O)CO6)C(C)(C)C5CC[C@]43C)[C@@H]2[C@]1(C)O. The predicted octanol–water partition coefficient (Wildman–Crippen LogP) is 2.96. The molecule has 53 heavy (non-hydrogen) atoms. The fourth-order valence-corrected chi connectivity index (χ4v) is 13.5. The molecular formula is C41H66O12. The van der Waals surface area contributed by atoms with E-state index in [9.17, 15) is 40.5 Å². The number of aliphatic hydroxyl groups is 7. The lowest BCUT2D eigenvalue weighted by Gasteiger charge is -2.72. The molecule has 0 radical (unpaired) electrons. The van der Waals surface area contributed by atoms with Gasteiger partial charge in [-0.3, -0.25) is 4.79 Å². The Morgan fingerprint density at radius 2 is 1.58 bits per heavy atom. The van der Waals surface area contributed by atoms with Crippen LogP contribution in [0.25, 0.3) is 0 Å². The number of rotatable bonds is 5. The van der Waals surface area contributed by atoms with Crippen LogP contribution in [0.4, 0.5) is 0 Å². The molecule has 2 aliphatic heterocycles. The largest absolute Gasteiger partial charge is 0.432 e. The molecule has 4 saturated carbocycles. The zero-order chi connectivity index (χ0) is 38.7. The van der Waals surface area contributed by atoms with Crippen LogP contribution in [-0.4, -0.2) is 116 Å². The van der Waals surface area contributed by atoms with Crippen LogP contribution in [0.2, 0.25) is 0 Å². The van der Waals surface area contributed by atoms with Crippen LogP contribution in [-0.2, 0) is 23.7 Å². The summed E-state index contributed by atoms with van der Waals surface area (Å²) < 4.78 is 24.0. The number of allylic oxidation sites excluding steroid dienone is 1. The Balaban J connectivity index is 1.19. The zero-order valence-electron chi connectivity index (χ0n) is 32.7. The van der Waals surface area contributed by atoms with Crippen molar-refractivity contribution in [2.24, 2.45) is 50.7 Å². The highest BCUT2D eigenvalue weighted by atomic mass is 16.7. The molecule has 5 aliphatic carbocycles. The molecule has 18 atom stereocenters. The summed E-state index contributed by atoms with van der Waals surface area (Å²) in [5.74, 6) is -0.489. The minimum atomic E-state index is -1.70. The summed E-state index contributed by atoms with van der Waals surface area (Å²) in [6.07, 6.45) is -0.481. The molecule has 7 aliphatic rings. The average molecular weight is 751 g/mol. The van der Waals surface area contributed by atoms with Crippen LogP contribution >= 0.6 is 0 Å². The van der Waals surface area contributed by atoms with Crippen molar-refractivity contribution in [3.05, 3.63) is 11.6 Å². The van der Waals surface area contributed by atoms with Crippen molar-refractivity contribution in [1.29, 1.82) is 0 Å². The van der Waals surface area contributed by atoms with E-state index in [1.807, 2.05) is 13.8 Å². The molecule has 0 bridgehead atoms. The number of carbonyl (C=O) groups is 1. The van der Waals surface area contributed by atoms with Gasteiger partial charge in [0.2, 0.25) is 6.29 Å². The Hall–Kier alpha value is -1.19. The summed E-state index contributed by atoms with van der Waals surface area (Å²) in [5.41, 5.74) is -1.79. The van der Waals surface area contributed by atoms with Gasteiger partial charge in [0, 0.05) is 12.3 Å². The molecule has 0 spiro atoms. The predicted molar refractivity (Wildman–Crippen MR) is 192 cm³/mol. The van der Waals surface area contributed by atoms with Crippen LogP contribution in [0.5, 0.6) is 0 Å². The lowest BCUT2D eigenvalue weighted by molar-refractivity contribution is -0.299. The molecule has 6 fully saturated rings. The highest BCUT2D eigenvalue weighted by molar-refractivity contribution is 5.79. The van der Waals surface area contributed by atoms with E-state index in [4.69, 9.17) is 18.9 Å². The Morgan fingerprint density at radius 3 is 2.26 bits per heavy atom. The van der Waals surface area contributed by atoms with Crippen LogP contribution < -0.4 is 0 Å². The highest BCUT2D eigenvalue weighted by Crippen LogP contribution is 2.76. The molecule has 2 unspecified atom stereocenters. The molecule has 12 heteroatoms. The molecule has 0 aromatic heterocycles. The molecule has 0 aromatic carbocycles. The third kappa shape index (κ3) is 5.77. The first kappa shape index (κ1) is 40.0. The number of aliphatic hydroxyl groups excluding tert-OH is 6. The maximum atomic E-state index is 14.6. The topological polar surface area (TPSA) is 196 Å². The van der Waals surface area contributed by atoms with Gasteiger partial charge in [0.25, 0.3) is 0 Å². The third-order valence-electron chi connectivity index (χ3n) is 17.1. The molecular weight excluding hydrogens is 684 g/mol. The van der Waals surface area contributed by atoms with E-state index in [2.05, 4.69) is 40.7 Å². The van der Waals surface area contributed by atoms with E-state index in [-0.39, 0.29) is 46.7 Å². The summed E-state index contributed by atoms with van der Waals surface area (Å²) in [6.45, 7) is 15.3. The first-order valence-corrected chi connectivity index (χ1v) is 20.3. The van der Waals surface area contributed by atoms with Crippen LogP contribution in [0, 0.1) is 50.7 Å². The summed E-state index contributed by atoms with van der Waals surface area (Å²) in [4.78, 5) is 14.6. The number of carbonyl (C=O) groups excluding carboxylic acids is 1. The normalized spacial score (nSPS) is 55.1. The number of ether oxygens (including phenoxy) is 4. The number of fused-ring (bicyclic) bond motifs is 7. The van der Waals surface area contributed by atoms with Crippen molar-refractivity contribution in [3.63, 3.8) is 0 Å². The average Bonchev–Trinajstić information content (AvgIpc) is 3.09. The number of hydrogen-bond donors (Lipinski definition) is 7. The summed E-state index contributed by atoms with van der Waals surface area (Å²) in [7, 11) is 0. The van der Waals surface area contributed by atoms with Crippen molar-refractivity contribution in [3.8, 4) is 0 Å². The van der Waals surface area contributed by atoms with Gasteiger partial charge in [0.1, 0.15) is 30.5 Å². The molecule has 0 aromatic rings. The van der Waals surface area contributed by atoms with Crippen molar-refractivity contribution in [2.45, 2.75) is 174 Å². The van der Waals surface area contributed by atoms with E-state index in [1.165, 1.54) is 0 Å². The Labute approximate surface area is 314 Å². The van der Waals surface area contributed by atoms with Gasteiger partial charge in [-0.2, -0.15) is 0 Å². The smallest absolute Gasteiger partial charge is 0.315 e. The molecule has 302 valence electrons. The fraction of sp³-hybridized carbons (Fsp3) is 0.927. The monoisotopic (exact) mass is 750 g/mol. The highest BCUT2D eigenvalue weighted by Gasteiger charge is 2.72. The van der Waals surface area contributed by atoms with Crippen molar-refractivity contribution in [2.75, 3.05) is 13.2 Å². The van der Waals surface area contributed by atoms with Gasteiger partial charge < -0.3 is 54.7 Å². The van der Waals surface area contributed by atoms with Crippen molar-refractivity contribution >= 4 is 5.97 Å². The Bertz CT molecular complexity index is 1430. The summed E-state index contributed by atoms with van der Waals surface area (Å²) in [5, 5.41) is 74.1. The van der Waals surface area contributed by atoms with Gasteiger partial charge in [-0.25, -0.2) is 0 Å². The second-order valence-electron chi connectivity index (χ2n) is 19.8. The maximum Gasteiger partial charge on any atom is 0.315 e. The lowest BCUT2D eigenvalue weighted by Crippen LogP contribution is -2.68. The van der Waals surface area contributed by atoms with E-state index in [0.717, 1.165) is 44.1 Å². The zero-order valence-corrected chi connectivity index (χ0v) is 32.7. The van der Waals surface area contributed by atoms with E-state index in [1.54, 1.807) is 0 Å². The standard InChI is InChI=1S/C41H66O12/c1-21-10-15-41(35(48)53-34-32(47)31(46)30(45)25(19-42)51-34)17-16-38(5)22(33(41)40(21,7)49)8-9-27-37(4)13-12-28(52-29-18-23(43)24(44)20-50-29)36(2,3)26(37)11-14-39(27,38)6/h8,21,23-34,42-47,49H,9-20H2,1-7H3/t21-,23-,24+,25-,26?,27?,28+,29+,30-,31+,32-,33-,34+,37+,38-,39-,40-,41+/m1/s1. The molecule has 7 N–H and O–H groups in total. The summed E-state index contributed by atoms with van der Waals surface area (Å²) in [6, 6.07) is 0. The van der Waals surface area contributed by atoms with Gasteiger partial charge in [0.15, 0.2) is 6.29 Å². The van der Waals surface area contributed by atoms with Crippen molar-refractivity contribution < 1.29 is 59.5 Å². The Kier molecular flexibility index (Phi) is 10.2. The third-order valence-corrected chi connectivity index (χ3v) is 17.1. The van der Waals surface area contributed by atoms with Gasteiger partial charge in [-0.1, -0.05) is 53.2 Å². The van der Waals surface area contributed by atoms with Gasteiger partial charge in [-0.05, 0) is 104 Å². The minimum Gasteiger partial charge on any atom is -0.432 e. The van der Waals surface area contributed by atoms with E-state index >= 15 is 0 Å². The van der Waals surface area contributed by atoms with Gasteiger partial charge in [-0.15, -0.1) is 0 Å². The minimum absolute atomic E-state index is 0.00345. The van der Waals surface area contributed by atoms with Crippen molar-refractivity contribution in [1.82, 2.24) is 0 Å². The van der Waals surface area contributed by atoms with E-state index in [0.29, 0.717) is 31.1 Å². The molecule has 7 rings (SSSR count). The second kappa shape index (κ2) is 13.5. The second-order valence-corrected chi connectivity index (χ2v) is 19.8.